The van der Waals surface area contributed by atoms with E-state index in [9.17, 15) is 4.79 Å². The lowest BCUT2D eigenvalue weighted by molar-refractivity contribution is -0.126. The summed E-state index contributed by atoms with van der Waals surface area (Å²) in [5, 5.41) is 6.44. The predicted molar refractivity (Wildman–Crippen MR) is 106 cm³/mol. The zero-order valence-electron chi connectivity index (χ0n) is 15.1. The van der Waals surface area contributed by atoms with Crippen molar-refractivity contribution in [3.8, 4) is 5.75 Å². The van der Waals surface area contributed by atoms with Crippen LogP contribution in [0.5, 0.6) is 5.75 Å². The Labute approximate surface area is 161 Å². The highest BCUT2D eigenvalue weighted by Crippen LogP contribution is 2.17. The van der Waals surface area contributed by atoms with Gasteiger partial charge in [-0.15, -0.1) is 12.4 Å². The van der Waals surface area contributed by atoms with Crippen molar-refractivity contribution in [2.75, 3.05) is 6.54 Å². The van der Waals surface area contributed by atoms with E-state index in [4.69, 9.17) is 4.74 Å². The van der Waals surface area contributed by atoms with Gasteiger partial charge in [-0.2, -0.15) is 0 Å². The van der Waals surface area contributed by atoms with E-state index in [1.165, 1.54) is 0 Å². The second kappa shape index (κ2) is 10.2. The lowest BCUT2D eigenvalue weighted by atomic mass is 9.92. The fourth-order valence-electron chi connectivity index (χ4n) is 3.15. The smallest absolute Gasteiger partial charge is 0.223 e. The molecule has 5 heteroatoms. The Balaban J connectivity index is 0.00000243. The van der Waals surface area contributed by atoms with Crippen LogP contribution >= 0.6 is 12.4 Å². The van der Waals surface area contributed by atoms with E-state index >= 15 is 0 Å². The molecule has 0 saturated carbocycles. The van der Waals surface area contributed by atoms with E-state index in [0.717, 1.165) is 36.3 Å². The number of carbonyl (C=O) groups is 1. The third kappa shape index (κ3) is 6.04. The number of piperidine rings is 1. The van der Waals surface area contributed by atoms with Gasteiger partial charge in [0.1, 0.15) is 12.4 Å². The van der Waals surface area contributed by atoms with Gasteiger partial charge in [0.15, 0.2) is 0 Å². The Morgan fingerprint density at radius 1 is 1.12 bits per heavy atom. The van der Waals surface area contributed by atoms with E-state index in [1.54, 1.807) is 0 Å². The average Bonchev–Trinajstić information content (AvgIpc) is 2.66. The molecule has 4 nitrogen and oxygen atoms in total. The Hall–Kier alpha value is -2.04. The molecule has 0 aliphatic carbocycles. The van der Waals surface area contributed by atoms with Gasteiger partial charge >= 0.3 is 0 Å². The Bertz CT molecular complexity index is 676. The van der Waals surface area contributed by atoms with Crippen LogP contribution in [0.2, 0.25) is 0 Å². The molecule has 1 fully saturated rings. The summed E-state index contributed by atoms with van der Waals surface area (Å²) in [7, 11) is 0. The van der Waals surface area contributed by atoms with Gasteiger partial charge < -0.3 is 15.4 Å². The summed E-state index contributed by atoms with van der Waals surface area (Å²) in [6.45, 7) is 4.18. The zero-order chi connectivity index (χ0) is 17.5. The Kier molecular flexibility index (Phi) is 7.95. The fourth-order valence-corrected chi connectivity index (χ4v) is 3.15. The van der Waals surface area contributed by atoms with Gasteiger partial charge in [0.2, 0.25) is 5.91 Å². The normalized spacial score (nSPS) is 19.3. The molecule has 1 saturated heterocycles. The lowest BCUT2D eigenvalue weighted by Gasteiger charge is -2.27. The first-order chi connectivity index (χ1) is 12.2. The second-order valence-corrected chi connectivity index (χ2v) is 6.71. The average molecular weight is 375 g/mol. The van der Waals surface area contributed by atoms with E-state index < -0.39 is 0 Å². The standard InChI is InChI=1S/C21H26N2O2.ClH/c1-16-13-19(11-12-22-16)21(24)23-14-17-7-9-20(10-8-17)25-15-18-5-3-2-4-6-18;/h2-10,16,19,22H,11-15H2,1H3,(H,23,24);1H/t16-,19-;/m0./s1. The van der Waals surface area contributed by atoms with Gasteiger partial charge in [0.05, 0.1) is 0 Å². The number of ether oxygens (including phenoxy) is 1. The molecule has 1 heterocycles. The number of halogens is 1. The molecule has 2 atom stereocenters. The monoisotopic (exact) mass is 374 g/mol. The van der Waals surface area contributed by atoms with Crippen LogP contribution in [0, 0.1) is 5.92 Å². The van der Waals surface area contributed by atoms with E-state index in [-0.39, 0.29) is 24.2 Å². The molecule has 1 aliphatic heterocycles. The summed E-state index contributed by atoms with van der Waals surface area (Å²) in [5.74, 6) is 1.13. The number of rotatable bonds is 6. The number of carbonyl (C=O) groups excluding carboxylic acids is 1. The van der Waals surface area contributed by atoms with Crippen LogP contribution in [-0.2, 0) is 17.9 Å². The summed E-state index contributed by atoms with van der Waals surface area (Å²) in [6.07, 6.45) is 1.83. The van der Waals surface area contributed by atoms with Gasteiger partial charge in [-0.05, 0) is 49.6 Å². The van der Waals surface area contributed by atoms with Crippen molar-refractivity contribution in [1.29, 1.82) is 0 Å². The van der Waals surface area contributed by atoms with Crippen LogP contribution in [0.3, 0.4) is 0 Å². The molecule has 0 spiro atoms. The molecule has 1 amide bonds. The van der Waals surface area contributed by atoms with Crippen molar-refractivity contribution in [1.82, 2.24) is 10.6 Å². The summed E-state index contributed by atoms with van der Waals surface area (Å²) < 4.78 is 5.79. The van der Waals surface area contributed by atoms with Gasteiger partial charge in [0, 0.05) is 18.5 Å². The highest BCUT2D eigenvalue weighted by atomic mass is 35.5. The Morgan fingerprint density at radius 3 is 2.54 bits per heavy atom. The highest BCUT2D eigenvalue weighted by Gasteiger charge is 2.24. The van der Waals surface area contributed by atoms with Crippen LogP contribution in [0.25, 0.3) is 0 Å². The number of nitrogens with one attached hydrogen (secondary N) is 2. The summed E-state index contributed by atoms with van der Waals surface area (Å²) in [5.41, 5.74) is 2.23. The van der Waals surface area contributed by atoms with E-state index in [0.29, 0.717) is 19.2 Å². The zero-order valence-corrected chi connectivity index (χ0v) is 15.9. The molecule has 0 bridgehead atoms. The van der Waals surface area contributed by atoms with Crippen LogP contribution in [-0.4, -0.2) is 18.5 Å². The van der Waals surface area contributed by atoms with Gasteiger partial charge in [-0.25, -0.2) is 0 Å². The maximum absolute atomic E-state index is 12.3. The first-order valence-electron chi connectivity index (χ1n) is 8.97. The molecular formula is C21H27ClN2O2. The molecule has 26 heavy (non-hydrogen) atoms. The van der Waals surface area contributed by atoms with Crippen molar-refractivity contribution in [3.63, 3.8) is 0 Å². The van der Waals surface area contributed by atoms with Crippen LogP contribution in [0.4, 0.5) is 0 Å². The molecule has 0 radical (unpaired) electrons. The quantitative estimate of drug-likeness (QED) is 0.810. The minimum Gasteiger partial charge on any atom is -0.489 e. The minimum absolute atomic E-state index is 0. The molecule has 0 aromatic heterocycles. The number of hydrogen-bond acceptors (Lipinski definition) is 3. The minimum atomic E-state index is 0. The van der Waals surface area contributed by atoms with Crippen molar-refractivity contribution >= 4 is 18.3 Å². The largest absolute Gasteiger partial charge is 0.489 e. The van der Waals surface area contributed by atoms with Crippen molar-refractivity contribution < 1.29 is 9.53 Å². The lowest BCUT2D eigenvalue weighted by Crippen LogP contribution is -2.42. The molecule has 2 N–H and O–H groups in total. The molecule has 1 aliphatic rings. The fraction of sp³-hybridized carbons (Fsp3) is 0.381. The van der Waals surface area contributed by atoms with Crippen LogP contribution in [0.1, 0.15) is 30.9 Å². The molecular weight excluding hydrogens is 348 g/mol. The van der Waals surface area contributed by atoms with Crippen molar-refractivity contribution in [3.05, 3.63) is 65.7 Å². The van der Waals surface area contributed by atoms with Crippen molar-refractivity contribution in [2.24, 2.45) is 5.92 Å². The Morgan fingerprint density at radius 2 is 1.85 bits per heavy atom. The highest BCUT2D eigenvalue weighted by molar-refractivity contribution is 5.85. The molecule has 140 valence electrons. The van der Waals surface area contributed by atoms with Crippen LogP contribution in [0.15, 0.2) is 54.6 Å². The maximum atomic E-state index is 12.3. The SMILES string of the molecule is C[C@H]1C[C@@H](C(=O)NCc2ccc(OCc3ccccc3)cc2)CCN1.Cl. The number of amides is 1. The van der Waals surface area contributed by atoms with E-state index in [1.807, 2.05) is 54.6 Å². The summed E-state index contributed by atoms with van der Waals surface area (Å²) in [4.78, 5) is 12.3. The van der Waals surface area contributed by atoms with Gasteiger partial charge in [0.25, 0.3) is 0 Å². The first kappa shape index (κ1) is 20.3. The first-order valence-corrected chi connectivity index (χ1v) is 8.97. The van der Waals surface area contributed by atoms with Gasteiger partial charge in [-0.3, -0.25) is 4.79 Å². The predicted octanol–water partition coefficient (Wildman–Crippen LogP) is 3.69. The molecule has 2 aromatic carbocycles. The third-order valence-electron chi connectivity index (χ3n) is 4.63. The van der Waals surface area contributed by atoms with Gasteiger partial charge in [-0.1, -0.05) is 42.5 Å². The third-order valence-corrected chi connectivity index (χ3v) is 4.63. The number of benzene rings is 2. The molecule has 2 aromatic rings. The number of hydrogen-bond donors (Lipinski definition) is 2. The second-order valence-electron chi connectivity index (χ2n) is 6.71. The molecule has 3 rings (SSSR count). The summed E-state index contributed by atoms with van der Waals surface area (Å²) in [6, 6.07) is 18.5. The summed E-state index contributed by atoms with van der Waals surface area (Å²) >= 11 is 0. The molecule has 0 unspecified atom stereocenters. The van der Waals surface area contributed by atoms with E-state index in [2.05, 4.69) is 17.6 Å². The topological polar surface area (TPSA) is 50.4 Å². The van der Waals surface area contributed by atoms with Crippen molar-refractivity contribution in [2.45, 2.75) is 39.0 Å². The van der Waals surface area contributed by atoms with Crippen LogP contribution < -0.4 is 15.4 Å². The maximum Gasteiger partial charge on any atom is 0.223 e.